The highest BCUT2D eigenvalue weighted by atomic mass is 16.2. The van der Waals surface area contributed by atoms with Gasteiger partial charge in [0.1, 0.15) is 16.9 Å². The Morgan fingerprint density at radius 3 is 2.53 bits per heavy atom. The fourth-order valence-electron chi connectivity index (χ4n) is 5.18. The number of pyridine rings is 1. The van der Waals surface area contributed by atoms with Crippen LogP contribution in [0.15, 0.2) is 18.5 Å². The van der Waals surface area contributed by atoms with Crippen LogP contribution in [0.2, 0.25) is 0 Å². The highest BCUT2D eigenvalue weighted by molar-refractivity contribution is 6.10. The third-order valence-corrected chi connectivity index (χ3v) is 7.34. The molecule has 10 nitrogen and oxygen atoms in total. The van der Waals surface area contributed by atoms with Gasteiger partial charge in [-0.05, 0) is 59.7 Å². The summed E-state index contributed by atoms with van der Waals surface area (Å²) >= 11 is 0. The molecule has 1 N–H and O–H groups in total. The number of likely N-dealkylation sites (N-methyl/N-ethyl adjacent to an activating group) is 1. The molecule has 4 heterocycles. The zero-order valence-corrected chi connectivity index (χ0v) is 21.8. The van der Waals surface area contributed by atoms with Crippen LogP contribution in [0.3, 0.4) is 0 Å². The first kappa shape index (κ1) is 23.0. The summed E-state index contributed by atoms with van der Waals surface area (Å²) in [6, 6.07) is 4.87. The molecule has 0 aromatic carbocycles. The standard InChI is InChI=1S/C26H35N9O/c1-6-33-20(26(36)35(17-7-8-17)18-9-10-18)14-19-23-22(27-15-32(23)5)24(29-25(19)33)28-21-13-16(2)34(30-21)12-11-31(3)4/h13-15,17-18H,6-12H2,1-5H3,(H,28,29,30). The Balaban J connectivity index is 1.43. The number of rotatable bonds is 9. The fourth-order valence-corrected chi connectivity index (χ4v) is 5.18. The molecule has 1 amide bonds. The number of anilines is 2. The largest absolute Gasteiger partial charge is 0.333 e. The number of fused-ring (bicyclic) bond motifs is 3. The Bertz CT molecular complexity index is 1440. The molecule has 2 saturated carbocycles. The van der Waals surface area contributed by atoms with Crippen molar-refractivity contribution in [3.8, 4) is 0 Å². The minimum Gasteiger partial charge on any atom is -0.333 e. The lowest BCUT2D eigenvalue weighted by Crippen LogP contribution is -2.36. The lowest BCUT2D eigenvalue weighted by Gasteiger charge is -2.22. The van der Waals surface area contributed by atoms with Gasteiger partial charge in [0, 0.05) is 49.4 Å². The van der Waals surface area contributed by atoms with E-state index in [9.17, 15) is 4.79 Å². The second kappa shape index (κ2) is 8.62. The van der Waals surface area contributed by atoms with Gasteiger partial charge in [0.15, 0.2) is 11.6 Å². The van der Waals surface area contributed by atoms with Gasteiger partial charge < -0.3 is 24.3 Å². The van der Waals surface area contributed by atoms with E-state index in [0.29, 0.717) is 24.4 Å². The second-order valence-electron chi connectivity index (χ2n) is 10.5. The first-order valence-corrected chi connectivity index (χ1v) is 13.0. The van der Waals surface area contributed by atoms with Gasteiger partial charge in [-0.15, -0.1) is 0 Å². The van der Waals surface area contributed by atoms with E-state index in [0.717, 1.165) is 78.0 Å². The van der Waals surface area contributed by atoms with Gasteiger partial charge in [0.05, 0.1) is 18.4 Å². The van der Waals surface area contributed by atoms with Gasteiger partial charge in [-0.25, -0.2) is 9.97 Å². The number of carbonyl (C=O) groups is 1. The van der Waals surface area contributed by atoms with Gasteiger partial charge in [0.25, 0.3) is 5.91 Å². The van der Waals surface area contributed by atoms with Crippen molar-refractivity contribution >= 4 is 39.6 Å². The van der Waals surface area contributed by atoms with Crippen LogP contribution < -0.4 is 5.32 Å². The van der Waals surface area contributed by atoms with E-state index in [1.54, 1.807) is 0 Å². The van der Waals surface area contributed by atoms with E-state index in [2.05, 4.69) is 52.6 Å². The van der Waals surface area contributed by atoms with Crippen molar-refractivity contribution in [1.29, 1.82) is 0 Å². The maximum atomic E-state index is 13.8. The lowest BCUT2D eigenvalue weighted by atomic mass is 10.2. The maximum Gasteiger partial charge on any atom is 0.271 e. The van der Waals surface area contributed by atoms with E-state index >= 15 is 0 Å². The summed E-state index contributed by atoms with van der Waals surface area (Å²) in [6.45, 7) is 6.53. The van der Waals surface area contributed by atoms with Gasteiger partial charge >= 0.3 is 0 Å². The van der Waals surface area contributed by atoms with Crippen LogP contribution in [0.4, 0.5) is 11.6 Å². The molecular formula is C26H35N9O. The van der Waals surface area contributed by atoms with Crippen molar-refractivity contribution in [2.75, 3.05) is 26.0 Å². The predicted octanol–water partition coefficient (Wildman–Crippen LogP) is 3.52. The number of aryl methyl sites for hydroxylation is 3. The minimum absolute atomic E-state index is 0.139. The van der Waals surface area contributed by atoms with Crippen molar-refractivity contribution in [1.82, 2.24) is 38.7 Å². The van der Waals surface area contributed by atoms with Crippen molar-refractivity contribution in [3.05, 3.63) is 29.8 Å². The highest BCUT2D eigenvalue weighted by Gasteiger charge is 2.43. The van der Waals surface area contributed by atoms with E-state index in [1.807, 2.05) is 34.8 Å². The van der Waals surface area contributed by atoms with Crippen LogP contribution in [0.25, 0.3) is 22.1 Å². The number of amides is 1. The average Bonchev–Trinajstić information content (AvgIpc) is 3.75. The van der Waals surface area contributed by atoms with Crippen molar-refractivity contribution < 1.29 is 4.79 Å². The Hall–Kier alpha value is -3.40. The Kier molecular flexibility index (Phi) is 5.51. The molecule has 0 atom stereocenters. The quantitative estimate of drug-likeness (QED) is 0.387. The molecule has 0 unspecified atom stereocenters. The molecule has 0 bridgehead atoms. The number of hydrogen-bond acceptors (Lipinski definition) is 6. The first-order valence-electron chi connectivity index (χ1n) is 13.0. The third-order valence-electron chi connectivity index (χ3n) is 7.34. The molecule has 2 fully saturated rings. The van der Waals surface area contributed by atoms with E-state index in [4.69, 9.17) is 10.1 Å². The molecule has 190 valence electrons. The topological polar surface area (TPSA) is 89.0 Å². The van der Waals surface area contributed by atoms with Crippen LogP contribution in [0.5, 0.6) is 0 Å². The number of imidazole rings is 1. The number of carbonyl (C=O) groups excluding carboxylic acids is 1. The van der Waals surface area contributed by atoms with Crippen LogP contribution in [0, 0.1) is 6.92 Å². The molecule has 10 heteroatoms. The van der Waals surface area contributed by atoms with Crippen LogP contribution >= 0.6 is 0 Å². The molecule has 0 radical (unpaired) electrons. The summed E-state index contributed by atoms with van der Waals surface area (Å²) in [7, 11) is 6.11. The van der Waals surface area contributed by atoms with Crippen LogP contribution in [0.1, 0.15) is 48.8 Å². The minimum atomic E-state index is 0.139. The highest BCUT2D eigenvalue weighted by Crippen LogP contribution is 2.39. The summed E-state index contributed by atoms with van der Waals surface area (Å²) in [5.74, 6) is 1.54. The third kappa shape index (κ3) is 3.93. The number of hydrogen-bond donors (Lipinski definition) is 1. The second-order valence-corrected chi connectivity index (χ2v) is 10.5. The molecule has 4 aromatic heterocycles. The monoisotopic (exact) mass is 489 g/mol. The molecule has 36 heavy (non-hydrogen) atoms. The molecule has 0 saturated heterocycles. The van der Waals surface area contributed by atoms with E-state index in [1.165, 1.54) is 0 Å². The summed E-state index contributed by atoms with van der Waals surface area (Å²) in [5.41, 5.74) is 4.36. The predicted molar refractivity (Wildman–Crippen MR) is 141 cm³/mol. The average molecular weight is 490 g/mol. The Labute approximate surface area is 210 Å². The molecule has 6 rings (SSSR count). The van der Waals surface area contributed by atoms with Crippen molar-refractivity contribution in [3.63, 3.8) is 0 Å². The molecule has 2 aliphatic carbocycles. The fraction of sp³-hybridized carbons (Fsp3) is 0.538. The number of nitrogens with one attached hydrogen (secondary N) is 1. The normalized spacial score (nSPS) is 15.9. The van der Waals surface area contributed by atoms with Crippen molar-refractivity contribution in [2.24, 2.45) is 7.05 Å². The van der Waals surface area contributed by atoms with Crippen LogP contribution in [-0.4, -0.2) is 77.3 Å². The van der Waals surface area contributed by atoms with Gasteiger partial charge in [-0.2, -0.15) is 5.10 Å². The molecule has 0 spiro atoms. The van der Waals surface area contributed by atoms with E-state index in [-0.39, 0.29) is 5.91 Å². The summed E-state index contributed by atoms with van der Waals surface area (Å²) in [4.78, 5) is 27.7. The summed E-state index contributed by atoms with van der Waals surface area (Å²) < 4.78 is 6.08. The smallest absolute Gasteiger partial charge is 0.271 e. The molecule has 4 aromatic rings. The molecule has 2 aliphatic rings. The number of nitrogens with zero attached hydrogens (tertiary/aromatic N) is 8. The maximum absolute atomic E-state index is 13.8. The van der Waals surface area contributed by atoms with Gasteiger partial charge in [0.2, 0.25) is 0 Å². The van der Waals surface area contributed by atoms with Gasteiger partial charge in [-0.3, -0.25) is 9.48 Å². The summed E-state index contributed by atoms with van der Waals surface area (Å²) in [5, 5.41) is 9.15. The lowest BCUT2D eigenvalue weighted by molar-refractivity contribution is 0.0719. The Morgan fingerprint density at radius 2 is 1.89 bits per heavy atom. The summed E-state index contributed by atoms with van der Waals surface area (Å²) in [6.07, 6.45) is 6.28. The van der Waals surface area contributed by atoms with Crippen molar-refractivity contribution in [2.45, 2.75) is 64.7 Å². The van der Waals surface area contributed by atoms with E-state index < -0.39 is 0 Å². The zero-order chi connectivity index (χ0) is 25.1. The molecule has 0 aliphatic heterocycles. The van der Waals surface area contributed by atoms with Crippen LogP contribution in [-0.2, 0) is 20.1 Å². The zero-order valence-electron chi connectivity index (χ0n) is 21.8. The SMILES string of the molecule is CCn1c(C(=O)N(C2CC2)C2CC2)cc2c3c(ncn3C)c(Nc3cc(C)n(CCN(C)C)n3)nc21. The number of aromatic nitrogens is 6. The van der Waals surface area contributed by atoms with Gasteiger partial charge in [-0.1, -0.05) is 0 Å². The first-order chi connectivity index (χ1) is 17.4. The molecular weight excluding hydrogens is 454 g/mol. The Morgan fingerprint density at radius 1 is 1.17 bits per heavy atom.